The first kappa shape index (κ1) is 15.8. The molecule has 0 amide bonds. The Kier molecular flexibility index (Phi) is 5.23. The normalized spacial score (nSPS) is 35.7. The van der Waals surface area contributed by atoms with Crippen LogP contribution >= 0.6 is 0 Å². The van der Waals surface area contributed by atoms with Gasteiger partial charge in [-0.15, -0.1) is 0 Å². The average molecular weight is 294 g/mol. The SMILES string of the molecule is CC1(C)CCC(CN2CCCCCC2C2CCNCC2)O1. The van der Waals surface area contributed by atoms with E-state index in [1.54, 1.807) is 0 Å². The van der Waals surface area contributed by atoms with Crippen LogP contribution in [-0.2, 0) is 4.74 Å². The van der Waals surface area contributed by atoms with Gasteiger partial charge in [-0.25, -0.2) is 0 Å². The molecular weight excluding hydrogens is 260 g/mol. The lowest BCUT2D eigenvalue weighted by Gasteiger charge is -2.39. The molecule has 1 N–H and O–H groups in total. The summed E-state index contributed by atoms with van der Waals surface area (Å²) in [5.74, 6) is 0.916. The van der Waals surface area contributed by atoms with Crippen LogP contribution in [0.4, 0.5) is 0 Å². The third-order valence-electron chi connectivity index (χ3n) is 5.83. The van der Waals surface area contributed by atoms with Gasteiger partial charge >= 0.3 is 0 Å². The fraction of sp³-hybridized carbons (Fsp3) is 1.00. The maximum Gasteiger partial charge on any atom is 0.0710 e. The molecule has 21 heavy (non-hydrogen) atoms. The predicted octanol–water partition coefficient (Wildman–Crippen LogP) is 3.19. The number of nitrogens with one attached hydrogen (secondary N) is 1. The second-order valence-corrected chi connectivity index (χ2v) is 8.04. The fourth-order valence-electron chi connectivity index (χ4n) is 4.65. The topological polar surface area (TPSA) is 24.5 Å². The Bertz CT molecular complexity index is 325. The Hall–Kier alpha value is -0.120. The van der Waals surface area contributed by atoms with Gasteiger partial charge in [-0.3, -0.25) is 4.90 Å². The van der Waals surface area contributed by atoms with Crippen LogP contribution in [0.15, 0.2) is 0 Å². The van der Waals surface area contributed by atoms with E-state index in [4.69, 9.17) is 4.74 Å². The van der Waals surface area contributed by atoms with E-state index in [-0.39, 0.29) is 5.60 Å². The average Bonchev–Trinajstić information content (AvgIpc) is 2.68. The van der Waals surface area contributed by atoms with Gasteiger partial charge < -0.3 is 10.1 Å². The van der Waals surface area contributed by atoms with E-state index in [1.165, 1.54) is 77.5 Å². The molecule has 2 atom stereocenters. The van der Waals surface area contributed by atoms with Gasteiger partial charge in [0.25, 0.3) is 0 Å². The molecule has 3 rings (SSSR count). The molecule has 3 heterocycles. The van der Waals surface area contributed by atoms with Crippen LogP contribution in [0.3, 0.4) is 0 Å². The fourth-order valence-corrected chi connectivity index (χ4v) is 4.65. The highest BCUT2D eigenvalue weighted by Gasteiger charge is 2.36. The first-order chi connectivity index (χ1) is 10.1. The molecule has 3 nitrogen and oxygen atoms in total. The summed E-state index contributed by atoms with van der Waals surface area (Å²) in [6, 6.07) is 0.821. The maximum absolute atomic E-state index is 6.27. The molecule has 0 radical (unpaired) electrons. The number of rotatable bonds is 3. The van der Waals surface area contributed by atoms with Crippen molar-refractivity contribution in [1.29, 1.82) is 0 Å². The van der Waals surface area contributed by atoms with Crippen molar-refractivity contribution in [2.24, 2.45) is 5.92 Å². The highest BCUT2D eigenvalue weighted by molar-refractivity contribution is 4.88. The lowest BCUT2D eigenvalue weighted by molar-refractivity contribution is -0.0379. The summed E-state index contributed by atoms with van der Waals surface area (Å²) in [5, 5.41) is 3.52. The minimum atomic E-state index is 0.112. The maximum atomic E-state index is 6.27. The number of nitrogens with zero attached hydrogens (tertiary/aromatic N) is 1. The van der Waals surface area contributed by atoms with Gasteiger partial charge in [0.05, 0.1) is 11.7 Å². The molecule has 2 unspecified atom stereocenters. The second-order valence-electron chi connectivity index (χ2n) is 8.04. The van der Waals surface area contributed by atoms with Crippen LogP contribution in [0.1, 0.15) is 65.2 Å². The Morgan fingerprint density at radius 1 is 1.05 bits per heavy atom. The lowest BCUT2D eigenvalue weighted by atomic mass is 9.86. The van der Waals surface area contributed by atoms with E-state index >= 15 is 0 Å². The summed E-state index contributed by atoms with van der Waals surface area (Å²) >= 11 is 0. The number of ether oxygens (including phenoxy) is 1. The third-order valence-corrected chi connectivity index (χ3v) is 5.83. The molecule has 0 spiro atoms. The molecule has 3 heteroatoms. The Labute approximate surface area is 130 Å². The zero-order chi connectivity index (χ0) is 14.7. The molecule has 3 fully saturated rings. The summed E-state index contributed by atoms with van der Waals surface area (Å²) in [6.45, 7) is 9.43. The van der Waals surface area contributed by atoms with Gasteiger partial charge in [0, 0.05) is 12.6 Å². The number of likely N-dealkylation sites (tertiary alicyclic amines) is 1. The number of hydrogen-bond acceptors (Lipinski definition) is 3. The van der Waals surface area contributed by atoms with Crippen molar-refractivity contribution in [2.75, 3.05) is 26.2 Å². The minimum Gasteiger partial charge on any atom is -0.371 e. The van der Waals surface area contributed by atoms with Crippen molar-refractivity contribution in [1.82, 2.24) is 10.2 Å². The molecule has 0 aromatic carbocycles. The Morgan fingerprint density at radius 2 is 1.86 bits per heavy atom. The van der Waals surface area contributed by atoms with Crippen LogP contribution in [0, 0.1) is 5.92 Å². The minimum absolute atomic E-state index is 0.112. The highest BCUT2D eigenvalue weighted by Crippen LogP contribution is 2.33. The summed E-state index contributed by atoms with van der Waals surface area (Å²) in [4.78, 5) is 2.81. The summed E-state index contributed by atoms with van der Waals surface area (Å²) < 4.78 is 6.27. The predicted molar refractivity (Wildman–Crippen MR) is 87.6 cm³/mol. The number of hydrogen-bond donors (Lipinski definition) is 1. The zero-order valence-electron chi connectivity index (χ0n) is 14.1. The van der Waals surface area contributed by atoms with Crippen molar-refractivity contribution < 1.29 is 4.74 Å². The van der Waals surface area contributed by atoms with E-state index in [1.807, 2.05) is 0 Å². The monoisotopic (exact) mass is 294 g/mol. The summed E-state index contributed by atoms with van der Waals surface area (Å²) in [6.07, 6.45) is 11.4. The van der Waals surface area contributed by atoms with Crippen LogP contribution < -0.4 is 5.32 Å². The van der Waals surface area contributed by atoms with Crippen molar-refractivity contribution in [3.63, 3.8) is 0 Å². The van der Waals surface area contributed by atoms with Gasteiger partial charge in [0.15, 0.2) is 0 Å². The lowest BCUT2D eigenvalue weighted by Crippen LogP contribution is -2.47. The largest absolute Gasteiger partial charge is 0.371 e. The van der Waals surface area contributed by atoms with E-state index in [2.05, 4.69) is 24.1 Å². The number of piperidine rings is 1. The van der Waals surface area contributed by atoms with Crippen molar-refractivity contribution >= 4 is 0 Å². The standard InChI is InChI=1S/C18H34N2O/c1-18(2)10-7-16(21-18)14-20-13-5-3-4-6-17(20)15-8-11-19-12-9-15/h15-17,19H,3-14H2,1-2H3. The molecular formula is C18H34N2O. The molecule has 0 saturated carbocycles. The highest BCUT2D eigenvalue weighted by atomic mass is 16.5. The molecule has 0 bridgehead atoms. The Balaban J connectivity index is 1.61. The van der Waals surface area contributed by atoms with E-state index < -0.39 is 0 Å². The van der Waals surface area contributed by atoms with E-state index in [0.29, 0.717) is 6.10 Å². The Morgan fingerprint density at radius 3 is 2.57 bits per heavy atom. The van der Waals surface area contributed by atoms with Crippen LogP contribution in [-0.4, -0.2) is 48.8 Å². The first-order valence-corrected chi connectivity index (χ1v) is 9.27. The van der Waals surface area contributed by atoms with Crippen LogP contribution in [0.2, 0.25) is 0 Å². The first-order valence-electron chi connectivity index (χ1n) is 9.27. The molecule has 0 aromatic rings. The van der Waals surface area contributed by atoms with Gasteiger partial charge in [-0.1, -0.05) is 12.8 Å². The second kappa shape index (κ2) is 6.97. The molecule has 0 aromatic heterocycles. The zero-order valence-corrected chi connectivity index (χ0v) is 14.1. The molecule has 3 aliphatic rings. The van der Waals surface area contributed by atoms with Gasteiger partial charge in [-0.05, 0) is 77.9 Å². The summed E-state index contributed by atoms with van der Waals surface area (Å²) in [5.41, 5.74) is 0.112. The van der Waals surface area contributed by atoms with Gasteiger partial charge in [0.1, 0.15) is 0 Å². The van der Waals surface area contributed by atoms with Gasteiger partial charge in [0.2, 0.25) is 0 Å². The molecule has 122 valence electrons. The molecule has 0 aliphatic carbocycles. The van der Waals surface area contributed by atoms with Crippen LogP contribution in [0.5, 0.6) is 0 Å². The van der Waals surface area contributed by atoms with Crippen molar-refractivity contribution in [3.8, 4) is 0 Å². The molecule has 3 aliphatic heterocycles. The van der Waals surface area contributed by atoms with E-state index in [0.717, 1.165) is 12.0 Å². The smallest absolute Gasteiger partial charge is 0.0710 e. The van der Waals surface area contributed by atoms with Crippen LogP contribution in [0.25, 0.3) is 0 Å². The molecule has 3 saturated heterocycles. The third kappa shape index (κ3) is 4.20. The quantitative estimate of drug-likeness (QED) is 0.865. The van der Waals surface area contributed by atoms with Crippen molar-refractivity contribution in [2.45, 2.75) is 83.0 Å². The van der Waals surface area contributed by atoms with Crippen molar-refractivity contribution in [3.05, 3.63) is 0 Å². The van der Waals surface area contributed by atoms with Gasteiger partial charge in [-0.2, -0.15) is 0 Å². The van der Waals surface area contributed by atoms with E-state index in [9.17, 15) is 0 Å². The summed E-state index contributed by atoms with van der Waals surface area (Å²) in [7, 11) is 0.